The molecule has 0 N–H and O–H groups in total. The number of aryl methyl sites for hydroxylation is 2. The molecular weight excluding hydrogens is 250 g/mol. The van der Waals surface area contributed by atoms with E-state index in [0.717, 1.165) is 29.8 Å². The predicted octanol–water partition coefficient (Wildman–Crippen LogP) is 2.76. The molecule has 0 aliphatic heterocycles. The molecule has 1 aliphatic rings. The molecule has 1 aromatic rings. The van der Waals surface area contributed by atoms with Gasteiger partial charge < -0.3 is 4.90 Å². The van der Waals surface area contributed by atoms with Crippen LogP contribution < -0.4 is 0 Å². The largest absolute Gasteiger partial charge is 0.342 e. The molecule has 1 aliphatic carbocycles. The van der Waals surface area contributed by atoms with Crippen LogP contribution in [-0.2, 0) is 18.3 Å². The third-order valence-electron chi connectivity index (χ3n) is 4.75. The first-order valence-corrected chi connectivity index (χ1v) is 7.75. The predicted molar refractivity (Wildman–Crippen MR) is 80.6 cm³/mol. The van der Waals surface area contributed by atoms with Crippen LogP contribution >= 0.6 is 0 Å². The lowest BCUT2D eigenvalue weighted by atomic mass is 10.1. The Morgan fingerprint density at radius 3 is 2.35 bits per heavy atom. The van der Waals surface area contributed by atoms with Crippen LogP contribution in [0, 0.1) is 13.8 Å². The molecule has 0 bridgehead atoms. The first-order valence-electron chi connectivity index (χ1n) is 7.75. The normalized spacial score (nSPS) is 17.0. The molecule has 112 valence electrons. The van der Waals surface area contributed by atoms with Gasteiger partial charge in [-0.05, 0) is 26.7 Å². The smallest absolute Gasteiger partial charge is 0.227 e. The summed E-state index contributed by atoms with van der Waals surface area (Å²) in [6, 6.07) is 0.433. The highest BCUT2D eigenvalue weighted by atomic mass is 16.2. The minimum absolute atomic E-state index is 0.233. The van der Waals surface area contributed by atoms with Gasteiger partial charge in [0.15, 0.2) is 0 Å². The van der Waals surface area contributed by atoms with Gasteiger partial charge in [0.2, 0.25) is 5.91 Å². The summed E-state index contributed by atoms with van der Waals surface area (Å²) in [5.41, 5.74) is 3.18. The zero-order chi connectivity index (χ0) is 14.7. The maximum absolute atomic E-state index is 12.5. The summed E-state index contributed by atoms with van der Waals surface area (Å²) in [5, 5.41) is 4.40. The molecule has 20 heavy (non-hydrogen) atoms. The first-order chi connectivity index (χ1) is 9.50. The molecule has 1 saturated carbocycles. The Balaban J connectivity index is 2.03. The number of likely N-dealkylation sites (N-methyl/N-ethyl adjacent to an activating group) is 1. The van der Waals surface area contributed by atoms with Crippen molar-refractivity contribution in [2.75, 3.05) is 7.05 Å². The summed E-state index contributed by atoms with van der Waals surface area (Å²) in [5.74, 6) is 0.233. The third-order valence-corrected chi connectivity index (χ3v) is 4.75. The van der Waals surface area contributed by atoms with Crippen LogP contribution in [0.4, 0.5) is 0 Å². The maximum atomic E-state index is 12.5. The van der Waals surface area contributed by atoms with Crippen molar-refractivity contribution < 1.29 is 4.79 Å². The van der Waals surface area contributed by atoms with E-state index in [1.807, 2.05) is 37.5 Å². The minimum atomic E-state index is 0.233. The van der Waals surface area contributed by atoms with Gasteiger partial charge in [-0.15, -0.1) is 0 Å². The molecule has 0 spiro atoms. The molecule has 1 fully saturated rings. The van der Waals surface area contributed by atoms with Crippen molar-refractivity contribution in [2.24, 2.45) is 7.05 Å². The van der Waals surface area contributed by atoms with E-state index in [0.29, 0.717) is 12.5 Å². The molecule has 0 atom stereocenters. The van der Waals surface area contributed by atoms with Crippen LogP contribution in [-0.4, -0.2) is 33.7 Å². The van der Waals surface area contributed by atoms with Gasteiger partial charge in [0.1, 0.15) is 0 Å². The van der Waals surface area contributed by atoms with Gasteiger partial charge in [0.05, 0.1) is 12.1 Å². The third kappa shape index (κ3) is 3.22. The molecule has 0 saturated heterocycles. The molecule has 1 aromatic heterocycles. The molecule has 0 aromatic carbocycles. The van der Waals surface area contributed by atoms with Crippen molar-refractivity contribution in [1.29, 1.82) is 0 Å². The van der Waals surface area contributed by atoms with E-state index in [1.165, 1.54) is 25.7 Å². The molecule has 4 nitrogen and oxygen atoms in total. The van der Waals surface area contributed by atoms with Crippen LogP contribution in [0.25, 0.3) is 0 Å². The van der Waals surface area contributed by atoms with Gasteiger partial charge in [-0.25, -0.2) is 0 Å². The molecule has 0 radical (unpaired) electrons. The van der Waals surface area contributed by atoms with E-state index in [1.54, 1.807) is 0 Å². The summed E-state index contributed by atoms with van der Waals surface area (Å²) in [4.78, 5) is 14.5. The highest BCUT2D eigenvalue weighted by Crippen LogP contribution is 2.22. The van der Waals surface area contributed by atoms with Crippen LogP contribution in [0.15, 0.2) is 0 Å². The molecule has 0 unspecified atom stereocenters. The first kappa shape index (κ1) is 15.1. The fourth-order valence-electron chi connectivity index (χ4n) is 3.20. The number of hydrogen-bond donors (Lipinski definition) is 0. The summed E-state index contributed by atoms with van der Waals surface area (Å²) in [6.07, 6.45) is 7.96. The minimum Gasteiger partial charge on any atom is -0.342 e. The summed E-state index contributed by atoms with van der Waals surface area (Å²) < 4.78 is 1.86. The van der Waals surface area contributed by atoms with Crippen molar-refractivity contribution in [2.45, 2.75) is 64.8 Å². The van der Waals surface area contributed by atoms with Gasteiger partial charge in [-0.1, -0.05) is 25.7 Å². The summed E-state index contributed by atoms with van der Waals surface area (Å²) in [7, 11) is 3.91. The van der Waals surface area contributed by atoms with Gasteiger partial charge in [-0.2, -0.15) is 5.10 Å². The Morgan fingerprint density at radius 1 is 1.25 bits per heavy atom. The van der Waals surface area contributed by atoms with E-state index in [9.17, 15) is 4.79 Å². The maximum Gasteiger partial charge on any atom is 0.227 e. The van der Waals surface area contributed by atoms with Gasteiger partial charge in [0.25, 0.3) is 0 Å². The van der Waals surface area contributed by atoms with Crippen molar-refractivity contribution in [1.82, 2.24) is 14.7 Å². The van der Waals surface area contributed by atoms with Crippen molar-refractivity contribution in [3.8, 4) is 0 Å². The van der Waals surface area contributed by atoms with Gasteiger partial charge in [0, 0.05) is 31.4 Å². The fourth-order valence-corrected chi connectivity index (χ4v) is 3.20. The van der Waals surface area contributed by atoms with Crippen LogP contribution in [0.3, 0.4) is 0 Å². The average molecular weight is 277 g/mol. The van der Waals surface area contributed by atoms with Crippen LogP contribution in [0.2, 0.25) is 0 Å². The number of rotatable bonds is 3. The lowest BCUT2D eigenvalue weighted by Gasteiger charge is -2.27. The number of carbonyl (C=O) groups excluding carboxylic acids is 1. The van der Waals surface area contributed by atoms with Gasteiger partial charge in [-0.3, -0.25) is 9.48 Å². The molecule has 1 amide bonds. The number of hydrogen-bond acceptors (Lipinski definition) is 2. The van der Waals surface area contributed by atoms with E-state index in [4.69, 9.17) is 0 Å². The zero-order valence-corrected chi connectivity index (χ0v) is 13.3. The number of nitrogens with zero attached hydrogens (tertiary/aromatic N) is 3. The Bertz CT molecular complexity index is 470. The zero-order valence-electron chi connectivity index (χ0n) is 13.3. The fraction of sp³-hybridized carbons (Fsp3) is 0.750. The molecule has 2 rings (SSSR count). The van der Waals surface area contributed by atoms with E-state index < -0.39 is 0 Å². The number of amides is 1. The van der Waals surface area contributed by atoms with Crippen molar-refractivity contribution in [3.63, 3.8) is 0 Å². The van der Waals surface area contributed by atoms with Gasteiger partial charge >= 0.3 is 0 Å². The van der Waals surface area contributed by atoms with Crippen molar-refractivity contribution >= 4 is 5.91 Å². The number of aromatic nitrogens is 2. The lowest BCUT2D eigenvalue weighted by molar-refractivity contribution is -0.131. The SMILES string of the molecule is Cc1nn(C)c(C)c1CC(=O)N(C)C1CCCCCC1. The van der Waals surface area contributed by atoms with E-state index in [-0.39, 0.29) is 5.91 Å². The highest BCUT2D eigenvalue weighted by Gasteiger charge is 2.23. The highest BCUT2D eigenvalue weighted by molar-refractivity contribution is 5.79. The summed E-state index contributed by atoms with van der Waals surface area (Å²) in [6.45, 7) is 4.02. The standard InChI is InChI=1S/C16H27N3O/c1-12-15(13(2)19(4)17-12)11-16(20)18(3)14-9-7-5-6-8-10-14/h14H,5-11H2,1-4H3. The Hall–Kier alpha value is -1.32. The van der Waals surface area contributed by atoms with E-state index in [2.05, 4.69) is 5.10 Å². The topological polar surface area (TPSA) is 38.1 Å². The Morgan fingerprint density at radius 2 is 1.85 bits per heavy atom. The Kier molecular flexibility index (Phi) is 4.84. The molecular formula is C16H27N3O. The average Bonchev–Trinajstić information content (AvgIpc) is 2.67. The summed E-state index contributed by atoms with van der Waals surface area (Å²) >= 11 is 0. The second-order valence-electron chi connectivity index (χ2n) is 6.10. The van der Waals surface area contributed by atoms with Crippen LogP contribution in [0.1, 0.15) is 55.5 Å². The van der Waals surface area contributed by atoms with Crippen LogP contribution in [0.5, 0.6) is 0 Å². The quantitative estimate of drug-likeness (QED) is 0.797. The lowest BCUT2D eigenvalue weighted by Crippen LogP contribution is -2.37. The van der Waals surface area contributed by atoms with E-state index >= 15 is 0 Å². The molecule has 1 heterocycles. The second kappa shape index (κ2) is 6.42. The van der Waals surface area contributed by atoms with Crippen molar-refractivity contribution in [3.05, 3.63) is 17.0 Å². The second-order valence-corrected chi connectivity index (χ2v) is 6.10. The monoisotopic (exact) mass is 277 g/mol. The number of carbonyl (C=O) groups is 1. The Labute approximate surface area is 122 Å². The molecule has 4 heteroatoms.